The van der Waals surface area contributed by atoms with Crippen molar-refractivity contribution in [2.45, 2.75) is 0 Å². The molecule has 0 aromatic heterocycles. The second-order valence-corrected chi connectivity index (χ2v) is 4.88. The summed E-state index contributed by atoms with van der Waals surface area (Å²) in [5, 5.41) is 0.976. The number of hydrogen-bond acceptors (Lipinski definition) is 2. The van der Waals surface area contributed by atoms with Crippen LogP contribution in [0.3, 0.4) is 0 Å². The molecule has 0 radical (unpaired) electrons. The van der Waals surface area contributed by atoms with E-state index in [-0.39, 0.29) is 10.8 Å². The Morgan fingerprint density at radius 2 is 1.72 bits per heavy atom. The molecular formula is C13H8Cl3NO. The first-order chi connectivity index (χ1) is 8.50. The first kappa shape index (κ1) is 13.2. The zero-order valence-corrected chi connectivity index (χ0v) is 11.4. The Kier molecular flexibility index (Phi) is 3.81. The topological polar surface area (TPSA) is 43.1 Å². The number of benzene rings is 2. The molecule has 0 atom stereocenters. The number of carbonyl (C=O) groups excluding carboxylic acids is 1. The van der Waals surface area contributed by atoms with Crippen molar-refractivity contribution in [2.24, 2.45) is 0 Å². The molecule has 5 heteroatoms. The van der Waals surface area contributed by atoms with Crippen LogP contribution in [0, 0.1) is 0 Å². The molecular weight excluding hydrogens is 293 g/mol. The van der Waals surface area contributed by atoms with Crippen LogP contribution in [0.1, 0.15) is 15.9 Å². The van der Waals surface area contributed by atoms with E-state index >= 15 is 0 Å². The molecule has 2 aromatic carbocycles. The smallest absolute Gasteiger partial charge is 0.196 e. The predicted octanol–water partition coefficient (Wildman–Crippen LogP) is 4.46. The fourth-order valence-corrected chi connectivity index (χ4v) is 2.13. The summed E-state index contributed by atoms with van der Waals surface area (Å²) in [5.41, 5.74) is 6.62. The lowest BCUT2D eigenvalue weighted by Gasteiger charge is -2.07. The van der Waals surface area contributed by atoms with Gasteiger partial charge in [-0.2, -0.15) is 0 Å². The van der Waals surface area contributed by atoms with Crippen molar-refractivity contribution in [2.75, 3.05) is 5.73 Å². The molecule has 2 rings (SSSR count). The molecule has 0 aliphatic carbocycles. The molecule has 0 fully saturated rings. The van der Waals surface area contributed by atoms with Crippen LogP contribution in [0.2, 0.25) is 15.1 Å². The van der Waals surface area contributed by atoms with E-state index in [4.69, 9.17) is 40.5 Å². The molecule has 0 aliphatic heterocycles. The number of ketones is 1. The number of hydrogen-bond donors (Lipinski definition) is 1. The fourth-order valence-electron chi connectivity index (χ4n) is 1.54. The molecule has 0 spiro atoms. The van der Waals surface area contributed by atoms with Crippen LogP contribution >= 0.6 is 34.8 Å². The van der Waals surface area contributed by atoms with Gasteiger partial charge in [-0.3, -0.25) is 4.79 Å². The number of halogens is 3. The summed E-state index contributed by atoms with van der Waals surface area (Å²) in [5.74, 6) is -0.306. The van der Waals surface area contributed by atoms with Crippen LogP contribution in [0.5, 0.6) is 0 Å². The third-order valence-corrected chi connectivity index (χ3v) is 3.43. The van der Waals surface area contributed by atoms with Crippen LogP contribution in [0.4, 0.5) is 5.69 Å². The van der Waals surface area contributed by atoms with Gasteiger partial charge in [0.05, 0.1) is 15.7 Å². The van der Waals surface area contributed by atoms with Crippen LogP contribution in [0.25, 0.3) is 0 Å². The number of nitrogen functional groups attached to an aromatic ring is 1. The molecule has 2 N–H and O–H groups in total. The van der Waals surface area contributed by atoms with Gasteiger partial charge in [0, 0.05) is 16.1 Å². The number of carbonyl (C=O) groups is 1. The molecule has 2 nitrogen and oxygen atoms in total. The molecule has 0 unspecified atom stereocenters. The Bertz CT molecular complexity index is 622. The third-order valence-electron chi connectivity index (χ3n) is 2.45. The average molecular weight is 301 g/mol. The van der Waals surface area contributed by atoms with Gasteiger partial charge in [0.1, 0.15) is 0 Å². The minimum Gasteiger partial charge on any atom is -0.398 e. The second-order valence-electron chi connectivity index (χ2n) is 3.66. The van der Waals surface area contributed by atoms with Gasteiger partial charge in [-0.05, 0) is 30.3 Å². The van der Waals surface area contributed by atoms with E-state index in [1.54, 1.807) is 30.3 Å². The summed E-state index contributed by atoms with van der Waals surface area (Å²) in [6.45, 7) is 0. The van der Waals surface area contributed by atoms with Crippen molar-refractivity contribution in [3.05, 3.63) is 62.6 Å². The van der Waals surface area contributed by atoms with Gasteiger partial charge in [0.2, 0.25) is 0 Å². The number of anilines is 1. The third kappa shape index (κ3) is 2.46. The van der Waals surface area contributed by atoms with Gasteiger partial charge in [-0.1, -0.05) is 40.9 Å². The van der Waals surface area contributed by atoms with Gasteiger partial charge in [-0.15, -0.1) is 0 Å². The summed E-state index contributed by atoms with van der Waals surface area (Å²) in [4.78, 5) is 12.3. The van der Waals surface area contributed by atoms with Crippen LogP contribution in [-0.4, -0.2) is 5.78 Å². The van der Waals surface area contributed by atoms with Crippen molar-refractivity contribution in [1.82, 2.24) is 0 Å². The van der Waals surface area contributed by atoms with Crippen LogP contribution in [-0.2, 0) is 0 Å². The number of nitrogens with two attached hydrogens (primary N) is 1. The van der Waals surface area contributed by atoms with Crippen molar-refractivity contribution < 1.29 is 4.79 Å². The lowest BCUT2D eigenvalue weighted by Crippen LogP contribution is -2.04. The zero-order chi connectivity index (χ0) is 13.3. The molecule has 0 saturated heterocycles. The Balaban J connectivity index is 2.55. The van der Waals surface area contributed by atoms with Crippen LogP contribution < -0.4 is 5.73 Å². The quantitative estimate of drug-likeness (QED) is 0.657. The Hall–Kier alpha value is -1.22. The van der Waals surface area contributed by atoms with E-state index < -0.39 is 0 Å². The maximum absolute atomic E-state index is 12.3. The molecule has 0 heterocycles. The van der Waals surface area contributed by atoms with E-state index in [9.17, 15) is 4.79 Å². The van der Waals surface area contributed by atoms with Crippen molar-refractivity contribution in [3.63, 3.8) is 0 Å². The van der Waals surface area contributed by atoms with Gasteiger partial charge >= 0.3 is 0 Å². The highest BCUT2D eigenvalue weighted by molar-refractivity contribution is 6.40. The second kappa shape index (κ2) is 5.19. The van der Waals surface area contributed by atoms with Gasteiger partial charge in [-0.25, -0.2) is 0 Å². The fraction of sp³-hybridized carbons (Fsp3) is 0. The monoisotopic (exact) mass is 299 g/mol. The highest BCUT2D eigenvalue weighted by Gasteiger charge is 2.17. The highest BCUT2D eigenvalue weighted by atomic mass is 35.5. The largest absolute Gasteiger partial charge is 0.398 e. The van der Waals surface area contributed by atoms with Gasteiger partial charge in [0.25, 0.3) is 0 Å². The lowest BCUT2D eigenvalue weighted by molar-refractivity contribution is 0.103. The average Bonchev–Trinajstić information content (AvgIpc) is 2.35. The molecule has 0 amide bonds. The lowest BCUT2D eigenvalue weighted by atomic mass is 10.0. The Morgan fingerprint density at radius 3 is 2.44 bits per heavy atom. The Morgan fingerprint density at radius 1 is 1.00 bits per heavy atom. The first-order valence-electron chi connectivity index (χ1n) is 5.04. The van der Waals surface area contributed by atoms with Crippen molar-refractivity contribution in [3.8, 4) is 0 Å². The van der Waals surface area contributed by atoms with E-state index in [1.165, 1.54) is 6.07 Å². The van der Waals surface area contributed by atoms with Crippen molar-refractivity contribution in [1.29, 1.82) is 0 Å². The molecule has 92 valence electrons. The van der Waals surface area contributed by atoms with Gasteiger partial charge in [0.15, 0.2) is 5.78 Å². The normalized spacial score (nSPS) is 10.4. The first-order valence-corrected chi connectivity index (χ1v) is 6.18. The summed E-state index contributed by atoms with van der Waals surface area (Å²) >= 11 is 17.8. The predicted molar refractivity (Wildman–Crippen MR) is 75.8 cm³/mol. The molecule has 0 bridgehead atoms. The standard InChI is InChI=1S/C13H8Cl3NO/c14-7-4-5-10(15)9(6-7)13(18)8-2-1-3-11(17)12(8)16/h1-6H,17H2. The minimum absolute atomic E-state index is 0.221. The maximum atomic E-state index is 12.3. The molecule has 2 aromatic rings. The SMILES string of the molecule is Nc1cccc(C(=O)c2cc(Cl)ccc2Cl)c1Cl. The van der Waals surface area contributed by atoms with Gasteiger partial charge < -0.3 is 5.73 Å². The molecule has 18 heavy (non-hydrogen) atoms. The van der Waals surface area contributed by atoms with E-state index in [0.29, 0.717) is 26.9 Å². The van der Waals surface area contributed by atoms with E-state index in [2.05, 4.69) is 0 Å². The summed E-state index contributed by atoms with van der Waals surface area (Å²) in [7, 11) is 0. The van der Waals surface area contributed by atoms with Crippen molar-refractivity contribution >= 4 is 46.3 Å². The minimum atomic E-state index is -0.306. The summed E-state index contributed by atoms with van der Waals surface area (Å²) in [6, 6.07) is 9.56. The van der Waals surface area contributed by atoms with E-state index in [1.807, 2.05) is 0 Å². The molecule has 0 aliphatic rings. The maximum Gasteiger partial charge on any atom is 0.196 e. The summed E-state index contributed by atoms with van der Waals surface area (Å²) in [6.07, 6.45) is 0. The molecule has 0 saturated carbocycles. The van der Waals surface area contributed by atoms with E-state index in [0.717, 1.165) is 0 Å². The highest BCUT2D eigenvalue weighted by Crippen LogP contribution is 2.29. The zero-order valence-electron chi connectivity index (χ0n) is 9.08. The van der Waals surface area contributed by atoms with Crippen LogP contribution in [0.15, 0.2) is 36.4 Å². The Labute approximate surface area is 119 Å². The number of rotatable bonds is 2. The summed E-state index contributed by atoms with van der Waals surface area (Å²) < 4.78 is 0.